The van der Waals surface area contributed by atoms with Gasteiger partial charge < -0.3 is 0 Å². The Labute approximate surface area is 160 Å². The van der Waals surface area contributed by atoms with Crippen LogP contribution < -0.4 is 0 Å². The predicted octanol–water partition coefficient (Wildman–Crippen LogP) is 7.05. The predicted molar refractivity (Wildman–Crippen MR) is 86.5 cm³/mol. The zero-order valence-electron chi connectivity index (χ0n) is 14.1. The van der Waals surface area contributed by atoms with Crippen LogP contribution >= 0.6 is 0 Å². The summed E-state index contributed by atoms with van der Waals surface area (Å²) in [6.07, 6.45) is 0. The molecule has 10 heteroatoms. The third kappa shape index (κ3) is 2.49. The summed E-state index contributed by atoms with van der Waals surface area (Å²) in [5, 5.41) is -3.78. The lowest BCUT2D eigenvalue weighted by molar-refractivity contribution is 0.381. The van der Waals surface area contributed by atoms with E-state index in [1.807, 2.05) is 0 Å². The largest absolute Gasteiger partial charge is 0.206 e. The molecule has 4 aromatic rings. The van der Waals surface area contributed by atoms with Gasteiger partial charge in [-0.25, -0.2) is 43.9 Å². The summed E-state index contributed by atoms with van der Waals surface area (Å²) in [5.74, 6) is -22.7. The van der Waals surface area contributed by atoms with Crippen molar-refractivity contribution in [1.82, 2.24) is 0 Å². The highest BCUT2D eigenvalue weighted by molar-refractivity contribution is 6.13. The number of rotatable bonds is 1. The van der Waals surface area contributed by atoms with Crippen molar-refractivity contribution in [2.24, 2.45) is 0 Å². The highest BCUT2D eigenvalue weighted by atomic mass is 19.2. The molecule has 0 amide bonds. The van der Waals surface area contributed by atoms with E-state index >= 15 is 0 Å². The van der Waals surface area contributed by atoms with Crippen LogP contribution in [0.3, 0.4) is 0 Å². The van der Waals surface area contributed by atoms with Gasteiger partial charge in [-0.2, -0.15) is 0 Å². The van der Waals surface area contributed by atoms with Gasteiger partial charge in [0.1, 0.15) is 5.82 Å². The van der Waals surface area contributed by atoms with Gasteiger partial charge in [0, 0.05) is 21.7 Å². The Hall–Kier alpha value is -3.30. The Morgan fingerprint density at radius 2 is 0.933 bits per heavy atom. The van der Waals surface area contributed by atoms with Crippen molar-refractivity contribution < 1.29 is 43.9 Å². The maximum absolute atomic E-state index is 14.6. The van der Waals surface area contributed by atoms with Crippen LogP contribution in [-0.4, -0.2) is 0 Å². The number of halogens is 10. The standard InChI is InChI=1S/C20H4F10/c21-7-3-1-2-5-4-6-9(13(23)17(27)16(26)12(6)22)10(8(5)7)11-14(24)18(28)20(30)19(29)15(11)25/h1-4H. The molecule has 0 aromatic heterocycles. The summed E-state index contributed by atoms with van der Waals surface area (Å²) in [7, 11) is 0. The summed E-state index contributed by atoms with van der Waals surface area (Å²) in [6, 6.07) is 3.44. The van der Waals surface area contributed by atoms with Crippen LogP contribution in [0.5, 0.6) is 0 Å². The van der Waals surface area contributed by atoms with E-state index in [1.54, 1.807) is 0 Å². The minimum Gasteiger partial charge on any atom is -0.206 e. The van der Waals surface area contributed by atoms with Crippen LogP contribution in [-0.2, 0) is 0 Å². The van der Waals surface area contributed by atoms with Gasteiger partial charge in [-0.15, -0.1) is 0 Å². The second-order valence-corrected chi connectivity index (χ2v) is 6.21. The Balaban J connectivity index is 2.43. The first-order chi connectivity index (χ1) is 14.1. The normalized spacial score (nSPS) is 11.7. The van der Waals surface area contributed by atoms with Crippen molar-refractivity contribution in [3.63, 3.8) is 0 Å². The topological polar surface area (TPSA) is 0 Å². The highest BCUT2D eigenvalue weighted by Crippen LogP contribution is 2.44. The molecule has 0 aliphatic rings. The van der Waals surface area contributed by atoms with Crippen molar-refractivity contribution in [3.8, 4) is 11.1 Å². The monoisotopic (exact) mass is 434 g/mol. The van der Waals surface area contributed by atoms with Crippen LogP contribution in [0.4, 0.5) is 43.9 Å². The summed E-state index contributed by atoms with van der Waals surface area (Å²) in [6.45, 7) is 0. The van der Waals surface area contributed by atoms with E-state index in [1.165, 1.54) is 0 Å². The van der Waals surface area contributed by atoms with Crippen LogP contribution in [0.15, 0.2) is 24.3 Å². The fourth-order valence-electron chi connectivity index (χ4n) is 3.31. The zero-order chi connectivity index (χ0) is 22.1. The molecule has 0 spiro atoms. The van der Waals surface area contributed by atoms with Crippen molar-refractivity contribution >= 4 is 21.5 Å². The lowest BCUT2D eigenvalue weighted by Gasteiger charge is -2.16. The molecule has 4 rings (SSSR count). The van der Waals surface area contributed by atoms with E-state index in [4.69, 9.17) is 0 Å². The molecule has 0 aliphatic heterocycles. The smallest absolute Gasteiger partial charge is 0.200 e. The molecule has 0 atom stereocenters. The molecule has 0 saturated heterocycles. The van der Waals surface area contributed by atoms with Gasteiger partial charge in [0.05, 0.1) is 5.56 Å². The lowest BCUT2D eigenvalue weighted by Crippen LogP contribution is -2.07. The maximum Gasteiger partial charge on any atom is 0.200 e. The molecule has 0 nitrogen and oxygen atoms in total. The van der Waals surface area contributed by atoms with Gasteiger partial charge >= 0.3 is 0 Å². The summed E-state index contributed by atoms with van der Waals surface area (Å²) >= 11 is 0. The van der Waals surface area contributed by atoms with E-state index in [0.29, 0.717) is 12.1 Å². The van der Waals surface area contributed by atoms with Crippen LogP contribution in [0.25, 0.3) is 32.7 Å². The third-order valence-corrected chi connectivity index (χ3v) is 4.61. The molecule has 0 fully saturated rings. The minimum atomic E-state index is -2.55. The maximum atomic E-state index is 14.6. The lowest BCUT2D eigenvalue weighted by atomic mass is 9.90. The van der Waals surface area contributed by atoms with Gasteiger partial charge in [-0.1, -0.05) is 12.1 Å². The Bertz CT molecular complexity index is 1360. The van der Waals surface area contributed by atoms with Crippen LogP contribution in [0.1, 0.15) is 0 Å². The molecule has 0 heterocycles. The fourth-order valence-corrected chi connectivity index (χ4v) is 3.31. The number of benzene rings is 4. The molecule has 0 saturated carbocycles. The fraction of sp³-hybridized carbons (Fsp3) is 0. The summed E-state index contributed by atoms with van der Waals surface area (Å²) in [4.78, 5) is 0. The first kappa shape index (κ1) is 20.0. The molecule has 0 unspecified atom stereocenters. The van der Waals surface area contributed by atoms with Gasteiger partial charge in [-0.3, -0.25) is 0 Å². The van der Waals surface area contributed by atoms with E-state index in [0.717, 1.165) is 12.1 Å². The van der Waals surface area contributed by atoms with Gasteiger partial charge in [0.15, 0.2) is 46.5 Å². The van der Waals surface area contributed by atoms with E-state index in [9.17, 15) is 43.9 Å². The average molecular weight is 434 g/mol. The van der Waals surface area contributed by atoms with Crippen molar-refractivity contribution in [3.05, 3.63) is 82.4 Å². The van der Waals surface area contributed by atoms with Crippen molar-refractivity contribution in [1.29, 1.82) is 0 Å². The second-order valence-electron chi connectivity index (χ2n) is 6.21. The molecular weight excluding hydrogens is 430 g/mol. The molecule has 0 bridgehead atoms. The Morgan fingerprint density at radius 1 is 0.433 bits per heavy atom. The third-order valence-electron chi connectivity index (χ3n) is 4.61. The summed E-state index contributed by atoms with van der Waals surface area (Å²) in [5.41, 5.74) is -3.18. The zero-order valence-corrected chi connectivity index (χ0v) is 14.1. The van der Waals surface area contributed by atoms with Crippen molar-refractivity contribution in [2.75, 3.05) is 0 Å². The molecular formula is C20H4F10. The number of hydrogen-bond acceptors (Lipinski definition) is 0. The average Bonchev–Trinajstić information content (AvgIpc) is 2.73. The number of fused-ring (bicyclic) bond motifs is 2. The Morgan fingerprint density at radius 3 is 1.53 bits per heavy atom. The van der Waals surface area contributed by atoms with E-state index in [2.05, 4.69) is 0 Å². The van der Waals surface area contributed by atoms with Crippen LogP contribution in [0, 0.1) is 58.2 Å². The molecule has 4 aromatic carbocycles. The van der Waals surface area contributed by atoms with Gasteiger partial charge in [-0.05, 0) is 17.5 Å². The second kappa shape index (κ2) is 6.61. The quantitative estimate of drug-likeness (QED) is 0.130. The van der Waals surface area contributed by atoms with Gasteiger partial charge in [0.25, 0.3) is 0 Å². The molecule has 30 heavy (non-hydrogen) atoms. The summed E-state index contributed by atoms with van der Waals surface area (Å²) < 4.78 is 141. The van der Waals surface area contributed by atoms with Gasteiger partial charge in [0.2, 0.25) is 5.82 Å². The first-order valence-corrected chi connectivity index (χ1v) is 7.96. The van der Waals surface area contributed by atoms with E-state index in [-0.39, 0.29) is 0 Å². The molecule has 0 radical (unpaired) electrons. The van der Waals surface area contributed by atoms with E-state index < -0.39 is 90.8 Å². The van der Waals surface area contributed by atoms with Crippen molar-refractivity contribution in [2.45, 2.75) is 0 Å². The molecule has 0 aliphatic carbocycles. The van der Waals surface area contributed by atoms with Crippen LogP contribution in [0.2, 0.25) is 0 Å². The minimum absolute atomic E-state index is 0.397. The first-order valence-electron chi connectivity index (χ1n) is 7.96. The molecule has 0 N–H and O–H groups in total. The SMILES string of the molecule is Fc1c(F)c(F)c(-c2c3c(F)cccc3cc3c(F)c(F)c(F)c(F)c23)c(F)c1F. The molecule has 154 valence electrons. The number of hydrogen-bond donors (Lipinski definition) is 0. The highest BCUT2D eigenvalue weighted by Gasteiger charge is 2.32. The Kier molecular flexibility index (Phi) is 4.41.